The number of aliphatic hydroxyl groups excluding tert-OH is 2. The van der Waals surface area contributed by atoms with Gasteiger partial charge < -0.3 is 31.5 Å². The first-order valence-electron chi connectivity index (χ1n) is 10.8. The number of fused-ring (bicyclic) bond motifs is 3. The van der Waals surface area contributed by atoms with Gasteiger partial charge in [0.05, 0.1) is 16.6 Å². The molecule has 0 bridgehead atoms. The third-order valence-electron chi connectivity index (χ3n) is 7.05. The Kier molecular flexibility index (Phi) is 7.62. The number of primary amides is 1. The molecule has 0 aliphatic heterocycles. The van der Waals surface area contributed by atoms with E-state index in [-0.39, 0.29) is 47.1 Å². The Hall–Kier alpha value is -2.83. The molecule has 0 aromatic heterocycles. The van der Waals surface area contributed by atoms with Crippen molar-refractivity contribution >= 4 is 64.7 Å². The van der Waals surface area contributed by atoms with Crippen LogP contribution in [0.2, 0.25) is 5.02 Å². The minimum Gasteiger partial charge on any atom is -0.510 e. The lowest BCUT2D eigenvalue weighted by Crippen LogP contribution is -2.63. The summed E-state index contributed by atoms with van der Waals surface area (Å²) < 4.78 is 0. The van der Waals surface area contributed by atoms with Crippen LogP contribution in [0.1, 0.15) is 22.3 Å². The molecule has 3 aliphatic carbocycles. The molecule has 0 saturated heterocycles. The number of nitrogens with one attached hydrogen (secondary N) is 1. The molecule has 4 rings (SSSR count). The van der Waals surface area contributed by atoms with Crippen molar-refractivity contribution in [2.75, 3.05) is 25.3 Å². The molecule has 0 spiro atoms. The first kappa shape index (κ1) is 28.7. The van der Waals surface area contributed by atoms with Gasteiger partial charge in [-0.2, -0.15) is 0 Å². The van der Waals surface area contributed by atoms with Gasteiger partial charge in [-0.05, 0) is 44.5 Å². The Bertz CT molecular complexity index is 1310. The number of alkyl halides is 1. The van der Waals surface area contributed by atoms with E-state index in [1.807, 2.05) is 0 Å². The summed E-state index contributed by atoms with van der Waals surface area (Å²) >= 11 is 11.7. The van der Waals surface area contributed by atoms with Crippen LogP contribution in [0.5, 0.6) is 5.75 Å². The van der Waals surface area contributed by atoms with Gasteiger partial charge in [-0.3, -0.25) is 24.1 Å². The molecule has 3 unspecified atom stereocenters. The van der Waals surface area contributed by atoms with Gasteiger partial charge in [-0.15, -0.1) is 24.0 Å². The predicted molar refractivity (Wildman–Crippen MR) is 135 cm³/mol. The number of allylic oxidation sites excluding steroid dienone is 1. The van der Waals surface area contributed by atoms with E-state index in [0.29, 0.717) is 5.56 Å². The molecular weight excluding hydrogens is 553 g/mol. The molecule has 2 amide bonds. The molecule has 11 nitrogen and oxygen atoms in total. The van der Waals surface area contributed by atoms with E-state index >= 15 is 0 Å². The van der Waals surface area contributed by atoms with Crippen LogP contribution < -0.4 is 11.1 Å². The number of hydrogen-bond acceptors (Lipinski definition) is 9. The number of nitrogens with zero attached hydrogens (tertiary/aromatic N) is 1. The van der Waals surface area contributed by atoms with E-state index in [0.717, 1.165) is 0 Å². The van der Waals surface area contributed by atoms with E-state index in [1.165, 1.54) is 11.0 Å². The summed E-state index contributed by atoms with van der Waals surface area (Å²) in [6.07, 6.45) is 0.0282. The first-order valence-corrected chi connectivity index (χ1v) is 11.7. The molecule has 0 heterocycles. The minimum atomic E-state index is -2.73. The van der Waals surface area contributed by atoms with Crippen LogP contribution in [0.25, 0.3) is 0 Å². The van der Waals surface area contributed by atoms with E-state index in [1.54, 1.807) is 14.1 Å². The summed E-state index contributed by atoms with van der Waals surface area (Å²) in [7, 11) is 3.09. The molecule has 4 atom stereocenters. The number of benzene rings is 1. The van der Waals surface area contributed by atoms with Crippen molar-refractivity contribution in [1.82, 2.24) is 4.90 Å². The summed E-state index contributed by atoms with van der Waals surface area (Å²) in [5.74, 6) is -8.81. The lowest BCUT2D eigenvalue weighted by Gasteiger charge is -2.50. The van der Waals surface area contributed by atoms with Crippen LogP contribution in [0, 0.1) is 11.8 Å². The molecule has 200 valence electrons. The Balaban J connectivity index is 0.00000380. The van der Waals surface area contributed by atoms with Crippen LogP contribution in [0.3, 0.4) is 0 Å². The highest BCUT2D eigenvalue weighted by atomic mass is 35.5. The van der Waals surface area contributed by atoms with Crippen molar-refractivity contribution in [3.05, 3.63) is 44.9 Å². The maximum absolute atomic E-state index is 13.6. The van der Waals surface area contributed by atoms with Crippen molar-refractivity contribution in [3.63, 3.8) is 0 Å². The average Bonchev–Trinajstić information content (AvgIpc) is 2.78. The van der Waals surface area contributed by atoms with Gasteiger partial charge in [0, 0.05) is 11.5 Å². The fraction of sp³-hybridized carbons (Fsp3) is 0.391. The van der Waals surface area contributed by atoms with Gasteiger partial charge >= 0.3 is 0 Å². The molecule has 14 heteroatoms. The smallest absolute Gasteiger partial charge is 0.255 e. The normalized spacial score (nSPS) is 26.8. The number of ketones is 2. The van der Waals surface area contributed by atoms with Gasteiger partial charge in [0.15, 0.2) is 17.1 Å². The van der Waals surface area contributed by atoms with Gasteiger partial charge in [-0.1, -0.05) is 11.6 Å². The third-order valence-corrected chi connectivity index (χ3v) is 7.59. The Labute approximate surface area is 226 Å². The second kappa shape index (κ2) is 9.80. The van der Waals surface area contributed by atoms with Crippen molar-refractivity contribution in [3.8, 4) is 5.75 Å². The van der Waals surface area contributed by atoms with Gasteiger partial charge in [-0.25, -0.2) is 0 Å². The number of phenolic OH excluding ortho intramolecular Hbond substituents is 1. The van der Waals surface area contributed by atoms with Crippen LogP contribution >= 0.6 is 35.6 Å². The number of hydrogen-bond donors (Lipinski definition) is 6. The number of nitrogens with two attached hydrogens (primary N) is 1. The van der Waals surface area contributed by atoms with Crippen LogP contribution in [0.4, 0.5) is 5.69 Å². The SMILES string of the molecule is CN(C)[C@@H]1C(O)=C(C(N)=O)C(=O)C2(O)C(O)=C3C(=O)c4c(cc(Cl)c(NC(=O)CCl)c4O)CC3CC12.Cl. The molecule has 0 saturated carbocycles. The lowest BCUT2D eigenvalue weighted by molar-refractivity contribution is -0.148. The van der Waals surface area contributed by atoms with Crippen LogP contribution in [-0.4, -0.2) is 80.3 Å². The van der Waals surface area contributed by atoms with Crippen molar-refractivity contribution in [2.24, 2.45) is 17.6 Å². The summed E-state index contributed by atoms with van der Waals surface area (Å²) in [6.45, 7) is 0. The molecule has 3 aliphatic rings. The number of anilines is 1. The molecule has 1 aromatic rings. The lowest BCUT2D eigenvalue weighted by atomic mass is 9.58. The molecule has 7 N–H and O–H groups in total. The number of phenols is 1. The van der Waals surface area contributed by atoms with Crippen LogP contribution in [-0.2, 0) is 20.8 Å². The number of aliphatic hydroxyl groups is 3. The Morgan fingerprint density at radius 2 is 1.86 bits per heavy atom. The molecule has 0 fully saturated rings. The van der Waals surface area contributed by atoms with Gasteiger partial charge in [0.25, 0.3) is 5.91 Å². The third kappa shape index (κ3) is 4.05. The Morgan fingerprint density at radius 3 is 2.41 bits per heavy atom. The summed E-state index contributed by atoms with van der Waals surface area (Å²) in [5, 5.41) is 46.6. The summed E-state index contributed by atoms with van der Waals surface area (Å²) in [6, 6.07) is 0.311. The number of amides is 2. The van der Waals surface area contributed by atoms with Crippen molar-refractivity contribution in [2.45, 2.75) is 24.5 Å². The molecule has 37 heavy (non-hydrogen) atoms. The number of likely N-dealkylation sites (N-methyl/N-ethyl adjacent to an activating group) is 1. The predicted octanol–water partition coefficient (Wildman–Crippen LogP) is 1.37. The Morgan fingerprint density at radius 1 is 1.24 bits per heavy atom. The minimum absolute atomic E-state index is 0. The zero-order chi connectivity index (χ0) is 26.9. The van der Waals surface area contributed by atoms with Gasteiger partial charge in [0.1, 0.15) is 28.7 Å². The zero-order valence-corrected chi connectivity index (χ0v) is 21.9. The van der Waals surface area contributed by atoms with E-state index < -0.39 is 75.6 Å². The van der Waals surface area contributed by atoms with E-state index in [4.69, 9.17) is 28.9 Å². The zero-order valence-electron chi connectivity index (χ0n) is 19.5. The molecule has 1 aromatic carbocycles. The highest BCUT2D eigenvalue weighted by Crippen LogP contribution is 2.53. The highest BCUT2D eigenvalue weighted by molar-refractivity contribution is 6.36. The number of rotatable bonds is 4. The largest absolute Gasteiger partial charge is 0.510 e. The van der Waals surface area contributed by atoms with Crippen molar-refractivity contribution in [1.29, 1.82) is 0 Å². The average molecular weight is 577 g/mol. The fourth-order valence-corrected chi connectivity index (χ4v) is 5.90. The topological polar surface area (TPSA) is 190 Å². The number of Topliss-reactive ketones (excluding diaryl/α,β-unsaturated/α-hetero) is 2. The maximum Gasteiger partial charge on any atom is 0.255 e. The maximum atomic E-state index is 13.6. The number of halogens is 3. The van der Waals surface area contributed by atoms with Gasteiger partial charge in [0.2, 0.25) is 11.7 Å². The monoisotopic (exact) mass is 575 g/mol. The first-order chi connectivity index (χ1) is 16.8. The number of aromatic hydroxyl groups is 1. The fourth-order valence-electron chi connectivity index (χ4n) is 5.56. The summed E-state index contributed by atoms with van der Waals surface area (Å²) in [5.41, 5.74) is 1.15. The molecule has 0 radical (unpaired) electrons. The van der Waals surface area contributed by atoms with E-state index in [9.17, 15) is 39.6 Å². The van der Waals surface area contributed by atoms with Crippen molar-refractivity contribution < 1.29 is 39.6 Å². The second-order valence-electron chi connectivity index (χ2n) is 9.26. The van der Waals surface area contributed by atoms with E-state index in [2.05, 4.69) is 5.32 Å². The molecular formula is C23H24Cl3N3O8. The number of carbonyl (C=O) groups excluding carboxylic acids is 4. The van der Waals surface area contributed by atoms with Crippen LogP contribution in [0.15, 0.2) is 28.7 Å². The highest BCUT2D eigenvalue weighted by Gasteiger charge is 2.63. The quantitative estimate of drug-likeness (QED) is 0.175. The number of carbonyl (C=O) groups is 4. The standard InChI is InChI=1S/C23H23Cl2N3O8.ClH/c1-28(2)16-9-4-7-3-8-5-10(25)15(27-11(29)6-24)18(31)12(8)17(30)13(7)20(33)23(9,36)21(34)14(19(16)32)22(26)35;/h5,7,9,16,31-33,36H,3-4,6H2,1-2H3,(H2,26,35)(H,27,29);1H/t7?,9?,16-,23?;/m0./s1. The summed E-state index contributed by atoms with van der Waals surface area (Å²) in [4.78, 5) is 52.0. The second-order valence-corrected chi connectivity index (χ2v) is 9.94.